The molecule has 2 aromatic carbocycles. The third-order valence-corrected chi connectivity index (χ3v) is 10.6. The largest absolute Gasteiger partial charge is 0.496 e. The maximum absolute atomic E-state index is 14.0. The second kappa shape index (κ2) is 11.4. The van der Waals surface area contributed by atoms with Gasteiger partial charge < -0.3 is 29.7 Å². The van der Waals surface area contributed by atoms with Gasteiger partial charge in [0.05, 0.1) is 31.9 Å². The number of hydroxylamine groups is 2. The number of carbonyl (C=O) groups is 2. The van der Waals surface area contributed by atoms with E-state index in [4.69, 9.17) is 19.0 Å². The number of aliphatic hydroxyl groups excluding tert-OH is 2. The van der Waals surface area contributed by atoms with Gasteiger partial charge in [0.15, 0.2) is 17.8 Å². The van der Waals surface area contributed by atoms with Gasteiger partial charge in [-0.15, -0.1) is 0 Å². The fourth-order valence-electron chi connectivity index (χ4n) is 8.11. The number of benzene rings is 2. The van der Waals surface area contributed by atoms with Crippen LogP contribution in [0.3, 0.4) is 0 Å². The third-order valence-electron chi connectivity index (χ3n) is 10.6. The molecule has 5 aliphatic rings. The lowest BCUT2D eigenvalue weighted by Gasteiger charge is -2.62. The summed E-state index contributed by atoms with van der Waals surface area (Å²) in [5.74, 6) is 2.09. The SMILES string of the molecule is COc1c(CN2O[C@@H](CO)[C@@H]([C@H](C)O)[C@H]2C(=O)N[C@H]2C[C@@H]3C[C@H]([C@@H]2C)C3(C)C)cccc1-c1cc(C=O)c2c(c1)OCO2. The number of ether oxygens (including phenoxy) is 3. The van der Waals surface area contributed by atoms with E-state index in [0.29, 0.717) is 51.5 Å². The number of para-hydroxylation sites is 1. The summed E-state index contributed by atoms with van der Waals surface area (Å²) in [5.41, 5.74) is 2.84. The Kier molecular flexibility index (Phi) is 7.91. The van der Waals surface area contributed by atoms with Crippen LogP contribution < -0.4 is 19.5 Å². The summed E-state index contributed by atoms with van der Waals surface area (Å²) < 4.78 is 16.9. The van der Waals surface area contributed by atoms with Gasteiger partial charge in [-0.3, -0.25) is 14.4 Å². The van der Waals surface area contributed by atoms with Crippen molar-refractivity contribution in [1.29, 1.82) is 0 Å². The molecule has 0 radical (unpaired) electrons. The van der Waals surface area contributed by atoms with Gasteiger partial charge in [0.2, 0.25) is 12.7 Å². The first-order chi connectivity index (χ1) is 20.6. The molecule has 2 aromatic rings. The number of methoxy groups -OCH3 is 1. The summed E-state index contributed by atoms with van der Waals surface area (Å²) in [6.07, 6.45) is 1.23. The predicted molar refractivity (Wildman–Crippen MR) is 157 cm³/mol. The minimum absolute atomic E-state index is 0.0434. The van der Waals surface area contributed by atoms with Gasteiger partial charge in [0.1, 0.15) is 17.9 Å². The van der Waals surface area contributed by atoms with Crippen LogP contribution in [-0.2, 0) is 16.2 Å². The van der Waals surface area contributed by atoms with Gasteiger partial charge in [-0.05, 0) is 60.6 Å². The van der Waals surface area contributed by atoms with Gasteiger partial charge >= 0.3 is 0 Å². The Morgan fingerprint density at radius 2 is 2.05 bits per heavy atom. The van der Waals surface area contributed by atoms with Gasteiger partial charge in [0, 0.05) is 23.1 Å². The lowest BCUT2D eigenvalue weighted by atomic mass is 9.45. The van der Waals surface area contributed by atoms with Gasteiger partial charge in [-0.2, -0.15) is 5.06 Å². The summed E-state index contributed by atoms with van der Waals surface area (Å²) in [6.45, 7) is 8.38. The molecule has 3 aliphatic carbocycles. The van der Waals surface area contributed by atoms with Crippen molar-refractivity contribution < 1.29 is 38.9 Å². The van der Waals surface area contributed by atoms with Crippen LogP contribution in [0.1, 0.15) is 56.5 Å². The van der Waals surface area contributed by atoms with E-state index < -0.39 is 24.2 Å². The van der Waals surface area contributed by atoms with E-state index in [1.165, 1.54) is 6.42 Å². The van der Waals surface area contributed by atoms with Gasteiger partial charge in [-0.1, -0.05) is 39.0 Å². The van der Waals surface area contributed by atoms with Crippen LogP contribution in [-0.4, -0.2) is 72.3 Å². The fourth-order valence-corrected chi connectivity index (χ4v) is 8.11. The van der Waals surface area contributed by atoms with E-state index in [0.717, 1.165) is 23.8 Å². The average Bonchev–Trinajstić information content (AvgIpc) is 3.62. The number of rotatable bonds is 9. The molecule has 3 N–H and O–H groups in total. The molecular weight excluding hydrogens is 552 g/mol. The first kappa shape index (κ1) is 29.9. The van der Waals surface area contributed by atoms with E-state index in [1.807, 2.05) is 24.3 Å². The maximum atomic E-state index is 14.0. The number of carbonyl (C=O) groups excluding carboxylic acids is 2. The summed E-state index contributed by atoms with van der Waals surface area (Å²) >= 11 is 0. The maximum Gasteiger partial charge on any atom is 0.240 e. The van der Waals surface area contributed by atoms with Crippen LogP contribution in [0.25, 0.3) is 11.1 Å². The Morgan fingerprint density at radius 3 is 2.70 bits per heavy atom. The number of nitrogens with one attached hydrogen (secondary N) is 1. The van der Waals surface area contributed by atoms with Crippen molar-refractivity contribution >= 4 is 12.2 Å². The topological polar surface area (TPSA) is 127 Å². The van der Waals surface area contributed by atoms with Crippen molar-refractivity contribution in [2.45, 2.75) is 71.4 Å². The molecule has 0 spiro atoms. The van der Waals surface area contributed by atoms with E-state index in [2.05, 4.69) is 26.1 Å². The quantitative estimate of drug-likeness (QED) is 0.374. The zero-order valence-electron chi connectivity index (χ0n) is 25.4. The molecule has 2 aliphatic heterocycles. The Morgan fingerprint density at radius 1 is 1.26 bits per heavy atom. The number of amides is 1. The van der Waals surface area contributed by atoms with Crippen molar-refractivity contribution in [3.8, 4) is 28.4 Å². The molecule has 4 fully saturated rings. The molecule has 232 valence electrons. The number of hydrogen-bond donors (Lipinski definition) is 3. The van der Waals surface area contributed by atoms with Crippen molar-refractivity contribution in [2.24, 2.45) is 29.1 Å². The Bertz CT molecular complexity index is 1390. The fraction of sp³-hybridized carbons (Fsp3) is 0.576. The summed E-state index contributed by atoms with van der Waals surface area (Å²) in [4.78, 5) is 32.0. The van der Waals surface area contributed by atoms with Crippen molar-refractivity contribution in [1.82, 2.24) is 10.4 Å². The van der Waals surface area contributed by atoms with Crippen molar-refractivity contribution in [2.75, 3.05) is 20.5 Å². The molecule has 43 heavy (non-hydrogen) atoms. The number of nitrogens with zero attached hydrogens (tertiary/aromatic N) is 1. The Labute approximate surface area is 252 Å². The van der Waals surface area contributed by atoms with Crippen LogP contribution >= 0.6 is 0 Å². The first-order valence-corrected chi connectivity index (χ1v) is 15.2. The van der Waals surface area contributed by atoms with E-state index in [1.54, 1.807) is 25.2 Å². The van der Waals surface area contributed by atoms with Crippen LogP contribution in [0, 0.1) is 29.1 Å². The van der Waals surface area contributed by atoms with E-state index >= 15 is 0 Å². The molecular formula is C33H42N2O8. The standard InChI is InChI=1S/C33H42N2O8/c1-17-24-11-22(33(24,3)4)12-25(17)34-32(39)29-28(18(2)38)27(15-37)43-35(29)13-19-7-6-8-23(30(19)40-5)20-9-21(14-36)31-26(10-20)41-16-42-31/h6-10,14,17-18,22,24-25,27-29,37-38H,11-13,15-16H2,1-5H3,(H,34,39)/t17-,18-,22-,24+,25-,27-,28+,29-/m0/s1. The number of aldehydes is 1. The van der Waals surface area contributed by atoms with Crippen LogP contribution in [0.2, 0.25) is 0 Å². The second-order valence-corrected chi connectivity index (χ2v) is 13.1. The van der Waals surface area contributed by atoms with E-state index in [-0.39, 0.29) is 31.9 Å². The Balaban J connectivity index is 1.29. The summed E-state index contributed by atoms with van der Waals surface area (Å²) in [6, 6.07) is 8.40. The highest BCUT2D eigenvalue weighted by Crippen LogP contribution is 2.61. The van der Waals surface area contributed by atoms with Crippen LogP contribution in [0.4, 0.5) is 0 Å². The van der Waals surface area contributed by atoms with Crippen LogP contribution in [0.5, 0.6) is 17.2 Å². The molecule has 8 atom stereocenters. The highest BCUT2D eigenvalue weighted by atomic mass is 16.7. The number of fused-ring (bicyclic) bond motifs is 3. The van der Waals surface area contributed by atoms with Crippen molar-refractivity contribution in [3.63, 3.8) is 0 Å². The smallest absolute Gasteiger partial charge is 0.240 e. The first-order valence-electron chi connectivity index (χ1n) is 15.2. The molecule has 1 amide bonds. The lowest BCUT2D eigenvalue weighted by molar-refractivity contribution is -0.183. The molecule has 7 rings (SSSR count). The van der Waals surface area contributed by atoms with Gasteiger partial charge in [0.25, 0.3) is 0 Å². The van der Waals surface area contributed by atoms with E-state index in [9.17, 15) is 19.8 Å². The molecule has 2 bridgehead atoms. The Hall–Kier alpha value is -3.18. The average molecular weight is 595 g/mol. The highest BCUT2D eigenvalue weighted by molar-refractivity contribution is 5.87. The predicted octanol–water partition coefficient (Wildman–Crippen LogP) is 3.56. The van der Waals surface area contributed by atoms with Crippen LogP contribution in [0.15, 0.2) is 30.3 Å². The summed E-state index contributed by atoms with van der Waals surface area (Å²) in [5, 5.41) is 25.8. The minimum atomic E-state index is -0.891. The zero-order valence-corrected chi connectivity index (χ0v) is 25.4. The normalized spacial score (nSPS) is 31.3. The molecule has 0 aromatic heterocycles. The van der Waals surface area contributed by atoms with Gasteiger partial charge in [-0.25, -0.2) is 0 Å². The third kappa shape index (κ3) is 4.98. The minimum Gasteiger partial charge on any atom is -0.496 e. The molecule has 0 unspecified atom stereocenters. The summed E-state index contributed by atoms with van der Waals surface area (Å²) in [7, 11) is 1.57. The number of hydrogen-bond acceptors (Lipinski definition) is 9. The second-order valence-electron chi connectivity index (χ2n) is 13.1. The molecule has 10 heteroatoms. The monoisotopic (exact) mass is 594 g/mol. The zero-order chi connectivity index (χ0) is 30.6. The highest BCUT2D eigenvalue weighted by Gasteiger charge is 2.57. The molecule has 10 nitrogen and oxygen atoms in total. The van der Waals surface area contributed by atoms with Crippen molar-refractivity contribution in [3.05, 3.63) is 41.5 Å². The molecule has 3 saturated carbocycles. The molecule has 2 heterocycles. The number of aliphatic hydroxyl groups is 2. The lowest BCUT2D eigenvalue weighted by Crippen LogP contribution is -2.62. The molecule has 1 saturated heterocycles.